The van der Waals surface area contributed by atoms with E-state index in [0.29, 0.717) is 5.92 Å². The lowest BCUT2D eigenvalue weighted by Gasteiger charge is -2.17. The van der Waals surface area contributed by atoms with Gasteiger partial charge in [0.25, 0.3) is 0 Å². The summed E-state index contributed by atoms with van der Waals surface area (Å²) in [6.07, 6.45) is 8.97. The van der Waals surface area contributed by atoms with Crippen LogP contribution in [0.15, 0.2) is 36.0 Å². The molecule has 72 valence electrons. The summed E-state index contributed by atoms with van der Waals surface area (Å²) in [7, 11) is 2.00. The Balaban J connectivity index is 2.63. The van der Waals surface area contributed by atoms with Crippen LogP contribution in [-0.2, 0) is 0 Å². The summed E-state index contributed by atoms with van der Waals surface area (Å²) in [6, 6.07) is 0. The molecule has 13 heavy (non-hydrogen) atoms. The van der Waals surface area contributed by atoms with E-state index in [-0.39, 0.29) is 0 Å². The topological polar surface area (TPSA) is 12.0 Å². The van der Waals surface area contributed by atoms with E-state index >= 15 is 0 Å². The second-order valence-corrected chi connectivity index (χ2v) is 3.53. The molecule has 0 fully saturated rings. The number of nitrogens with one attached hydrogen (secondary N) is 1. The average molecular weight is 177 g/mol. The Morgan fingerprint density at radius 3 is 3.08 bits per heavy atom. The molecule has 1 N–H and O–H groups in total. The molecule has 1 rings (SSSR count). The van der Waals surface area contributed by atoms with E-state index < -0.39 is 0 Å². The first-order valence-electron chi connectivity index (χ1n) is 4.99. The Morgan fingerprint density at radius 2 is 2.46 bits per heavy atom. The van der Waals surface area contributed by atoms with Crippen molar-refractivity contribution in [3.63, 3.8) is 0 Å². The van der Waals surface area contributed by atoms with E-state index in [2.05, 4.69) is 37.0 Å². The van der Waals surface area contributed by atoms with Gasteiger partial charge in [0, 0.05) is 6.54 Å². The van der Waals surface area contributed by atoms with E-state index in [1.807, 2.05) is 7.05 Å². The summed E-state index contributed by atoms with van der Waals surface area (Å²) in [5, 5.41) is 3.21. The molecule has 1 heteroatoms. The second kappa shape index (κ2) is 5.03. The number of allylic oxidation sites excluding steroid dienone is 4. The maximum Gasteiger partial charge on any atom is 0.00145 e. The van der Waals surface area contributed by atoms with Crippen LogP contribution in [0, 0.1) is 5.92 Å². The molecule has 1 unspecified atom stereocenters. The molecule has 0 saturated heterocycles. The third-order valence-corrected chi connectivity index (χ3v) is 2.45. The molecule has 0 radical (unpaired) electrons. The van der Waals surface area contributed by atoms with E-state index in [9.17, 15) is 0 Å². The van der Waals surface area contributed by atoms with Gasteiger partial charge in [-0.3, -0.25) is 0 Å². The van der Waals surface area contributed by atoms with Crippen LogP contribution in [0.1, 0.15) is 19.8 Å². The SMILES string of the molecule is C=C(CC)C1=CC(CNC)CC=C1. The Kier molecular flexibility index (Phi) is 3.97. The molecular weight excluding hydrogens is 158 g/mol. The van der Waals surface area contributed by atoms with Crippen molar-refractivity contribution < 1.29 is 0 Å². The summed E-state index contributed by atoms with van der Waals surface area (Å²) in [6.45, 7) is 7.26. The van der Waals surface area contributed by atoms with Crippen LogP contribution in [0.3, 0.4) is 0 Å². The summed E-state index contributed by atoms with van der Waals surface area (Å²) in [5.74, 6) is 0.647. The highest BCUT2D eigenvalue weighted by Crippen LogP contribution is 2.22. The summed E-state index contributed by atoms with van der Waals surface area (Å²) < 4.78 is 0. The molecule has 1 aliphatic carbocycles. The van der Waals surface area contributed by atoms with Crippen molar-refractivity contribution >= 4 is 0 Å². The van der Waals surface area contributed by atoms with Gasteiger partial charge in [0.1, 0.15) is 0 Å². The molecule has 0 spiro atoms. The lowest BCUT2D eigenvalue weighted by molar-refractivity contribution is 0.598. The largest absolute Gasteiger partial charge is 0.319 e. The zero-order valence-electron chi connectivity index (χ0n) is 8.64. The fourth-order valence-corrected chi connectivity index (χ4v) is 1.59. The summed E-state index contributed by atoms with van der Waals surface area (Å²) >= 11 is 0. The van der Waals surface area contributed by atoms with E-state index in [1.54, 1.807) is 0 Å². The molecular formula is C12H19N. The van der Waals surface area contributed by atoms with Gasteiger partial charge in [-0.1, -0.05) is 31.7 Å². The Bertz CT molecular complexity index is 236. The predicted molar refractivity (Wildman–Crippen MR) is 58.7 cm³/mol. The van der Waals surface area contributed by atoms with Gasteiger partial charge in [0.05, 0.1) is 0 Å². The first kappa shape index (κ1) is 10.3. The highest BCUT2D eigenvalue weighted by atomic mass is 14.8. The maximum atomic E-state index is 4.05. The Hall–Kier alpha value is -0.820. The molecule has 0 aromatic rings. The smallest absolute Gasteiger partial charge is 0.00145 e. The van der Waals surface area contributed by atoms with Crippen molar-refractivity contribution in [1.82, 2.24) is 5.32 Å². The third kappa shape index (κ3) is 2.85. The monoisotopic (exact) mass is 177 g/mol. The second-order valence-electron chi connectivity index (χ2n) is 3.53. The highest BCUT2D eigenvalue weighted by molar-refractivity contribution is 5.40. The van der Waals surface area contributed by atoms with Gasteiger partial charge >= 0.3 is 0 Å². The van der Waals surface area contributed by atoms with Crippen LogP contribution in [0.2, 0.25) is 0 Å². The van der Waals surface area contributed by atoms with Gasteiger partial charge in [0.15, 0.2) is 0 Å². The van der Waals surface area contributed by atoms with Crippen molar-refractivity contribution in [3.8, 4) is 0 Å². The third-order valence-electron chi connectivity index (χ3n) is 2.45. The van der Waals surface area contributed by atoms with Crippen molar-refractivity contribution in [2.24, 2.45) is 5.92 Å². The molecule has 1 aliphatic rings. The minimum Gasteiger partial charge on any atom is -0.319 e. The quantitative estimate of drug-likeness (QED) is 0.696. The van der Waals surface area contributed by atoms with Crippen molar-refractivity contribution in [1.29, 1.82) is 0 Å². The van der Waals surface area contributed by atoms with Gasteiger partial charge < -0.3 is 5.32 Å². The van der Waals surface area contributed by atoms with Crippen LogP contribution in [0.4, 0.5) is 0 Å². The van der Waals surface area contributed by atoms with Gasteiger partial charge in [-0.15, -0.1) is 0 Å². The molecule has 1 atom stereocenters. The predicted octanol–water partition coefficient (Wildman–Crippen LogP) is 2.67. The zero-order valence-corrected chi connectivity index (χ0v) is 8.64. The normalized spacial score (nSPS) is 21.4. The standard InChI is InChI=1S/C12H19N/c1-4-10(2)12-7-5-6-11(8-12)9-13-3/h5,7-8,11,13H,2,4,6,9H2,1,3H3. The van der Waals surface area contributed by atoms with Crippen LogP contribution < -0.4 is 5.32 Å². The fourth-order valence-electron chi connectivity index (χ4n) is 1.59. The van der Waals surface area contributed by atoms with Crippen molar-refractivity contribution in [2.45, 2.75) is 19.8 Å². The number of rotatable bonds is 4. The number of hydrogen-bond acceptors (Lipinski definition) is 1. The van der Waals surface area contributed by atoms with Gasteiger partial charge in [0.2, 0.25) is 0 Å². The summed E-state index contributed by atoms with van der Waals surface area (Å²) in [5.41, 5.74) is 2.58. The lowest BCUT2D eigenvalue weighted by atomic mass is 9.92. The van der Waals surface area contributed by atoms with E-state index in [4.69, 9.17) is 0 Å². The first-order valence-corrected chi connectivity index (χ1v) is 4.99. The van der Waals surface area contributed by atoms with Gasteiger partial charge in [-0.2, -0.15) is 0 Å². The molecule has 1 nitrogen and oxygen atoms in total. The van der Waals surface area contributed by atoms with Crippen LogP contribution in [0.25, 0.3) is 0 Å². The average Bonchev–Trinajstić information content (AvgIpc) is 2.18. The highest BCUT2D eigenvalue weighted by Gasteiger charge is 2.09. The Morgan fingerprint density at radius 1 is 1.69 bits per heavy atom. The first-order chi connectivity index (χ1) is 6.27. The van der Waals surface area contributed by atoms with Crippen LogP contribution in [0.5, 0.6) is 0 Å². The van der Waals surface area contributed by atoms with Gasteiger partial charge in [-0.05, 0) is 37.0 Å². The molecule has 0 aromatic heterocycles. The number of hydrogen-bond donors (Lipinski definition) is 1. The summed E-state index contributed by atoms with van der Waals surface area (Å²) in [4.78, 5) is 0. The van der Waals surface area contributed by atoms with E-state index in [1.165, 1.54) is 11.1 Å². The molecule has 0 bridgehead atoms. The van der Waals surface area contributed by atoms with Crippen molar-refractivity contribution in [3.05, 3.63) is 36.0 Å². The van der Waals surface area contributed by atoms with E-state index in [0.717, 1.165) is 19.4 Å². The molecule has 0 aliphatic heterocycles. The minimum atomic E-state index is 0.647. The zero-order chi connectivity index (χ0) is 9.68. The fraction of sp³-hybridized carbons (Fsp3) is 0.500. The molecule has 0 heterocycles. The molecule has 0 saturated carbocycles. The molecule has 0 aromatic carbocycles. The van der Waals surface area contributed by atoms with Gasteiger partial charge in [-0.25, -0.2) is 0 Å². The Labute approximate surface area is 81.2 Å². The minimum absolute atomic E-state index is 0.647. The maximum absolute atomic E-state index is 4.05. The van der Waals surface area contributed by atoms with Crippen molar-refractivity contribution in [2.75, 3.05) is 13.6 Å². The van der Waals surface area contributed by atoms with Crippen LogP contribution in [-0.4, -0.2) is 13.6 Å². The lowest BCUT2D eigenvalue weighted by Crippen LogP contribution is -2.18. The molecule has 0 amide bonds. The van der Waals surface area contributed by atoms with Crippen LogP contribution >= 0.6 is 0 Å².